The van der Waals surface area contributed by atoms with Crippen LogP contribution in [-0.4, -0.2) is 47.8 Å². The van der Waals surface area contributed by atoms with Gasteiger partial charge < -0.3 is 19.5 Å². The number of alkyl halides is 3. The number of hydrogen-bond donors (Lipinski definition) is 1. The second-order valence-electron chi connectivity index (χ2n) is 8.16. The Morgan fingerprint density at radius 2 is 1.85 bits per heavy atom. The van der Waals surface area contributed by atoms with E-state index in [-0.39, 0.29) is 30.0 Å². The predicted molar refractivity (Wildman–Crippen MR) is 122 cm³/mol. The maximum absolute atomic E-state index is 13.4. The first-order valence-electron chi connectivity index (χ1n) is 10.8. The number of amides is 2. The van der Waals surface area contributed by atoms with Crippen molar-refractivity contribution in [2.45, 2.75) is 31.7 Å². The Labute approximate surface area is 199 Å². The van der Waals surface area contributed by atoms with Gasteiger partial charge in [0.25, 0.3) is 5.91 Å². The van der Waals surface area contributed by atoms with E-state index in [0.717, 1.165) is 0 Å². The van der Waals surface area contributed by atoms with Crippen molar-refractivity contribution in [1.29, 1.82) is 0 Å². The lowest BCUT2D eigenvalue weighted by Crippen LogP contribution is -2.38. The lowest BCUT2D eigenvalue weighted by molar-refractivity contribution is -0.275. The van der Waals surface area contributed by atoms with Crippen LogP contribution in [0.3, 0.4) is 0 Å². The SMILES string of the molecule is CNC(=O)Cn1cc(C(=O)N2CCC(c3ccccc3OC(F)(F)F)CC2)c2ccc(Cl)cc21. The quantitative estimate of drug-likeness (QED) is 0.546. The molecule has 1 N–H and O–H groups in total. The van der Waals surface area contributed by atoms with Crippen molar-refractivity contribution in [3.63, 3.8) is 0 Å². The largest absolute Gasteiger partial charge is 0.573 e. The van der Waals surface area contributed by atoms with Gasteiger partial charge in [0.1, 0.15) is 12.3 Å². The average Bonchev–Trinajstić information content (AvgIpc) is 3.15. The number of hydrogen-bond acceptors (Lipinski definition) is 3. The Balaban J connectivity index is 1.53. The first-order chi connectivity index (χ1) is 16.2. The standard InChI is InChI=1S/C24H23ClF3N3O3/c1-29-22(32)14-31-13-19(18-7-6-16(25)12-20(18)31)23(33)30-10-8-15(9-11-30)17-4-2-3-5-21(17)34-24(26,27)28/h2-7,12-13,15H,8-11,14H2,1H3,(H,29,32). The highest BCUT2D eigenvalue weighted by Crippen LogP contribution is 2.37. The highest BCUT2D eigenvalue weighted by Gasteiger charge is 2.34. The van der Waals surface area contributed by atoms with E-state index in [4.69, 9.17) is 11.6 Å². The minimum atomic E-state index is -4.77. The van der Waals surface area contributed by atoms with Crippen molar-refractivity contribution in [3.05, 3.63) is 64.8 Å². The summed E-state index contributed by atoms with van der Waals surface area (Å²) in [7, 11) is 1.54. The van der Waals surface area contributed by atoms with Crippen molar-refractivity contribution < 1.29 is 27.5 Å². The number of piperidine rings is 1. The molecule has 2 aromatic carbocycles. The molecule has 0 saturated carbocycles. The number of rotatable bonds is 5. The highest BCUT2D eigenvalue weighted by atomic mass is 35.5. The number of nitrogens with zero attached hydrogens (tertiary/aromatic N) is 2. The molecule has 0 bridgehead atoms. The molecule has 0 spiro atoms. The summed E-state index contributed by atoms with van der Waals surface area (Å²) in [5.41, 5.74) is 1.62. The molecule has 0 atom stereocenters. The van der Waals surface area contributed by atoms with E-state index in [1.807, 2.05) is 0 Å². The molecular weight excluding hydrogens is 471 g/mol. The average molecular weight is 494 g/mol. The fourth-order valence-electron chi connectivity index (χ4n) is 4.40. The van der Waals surface area contributed by atoms with E-state index in [9.17, 15) is 22.8 Å². The van der Waals surface area contributed by atoms with Crippen molar-refractivity contribution in [2.24, 2.45) is 0 Å². The molecule has 2 amide bonds. The van der Waals surface area contributed by atoms with Crippen LogP contribution < -0.4 is 10.1 Å². The molecule has 0 unspecified atom stereocenters. The van der Waals surface area contributed by atoms with Crippen LogP contribution in [0, 0.1) is 0 Å². The van der Waals surface area contributed by atoms with Gasteiger partial charge in [0, 0.05) is 36.7 Å². The smallest absolute Gasteiger partial charge is 0.405 e. The van der Waals surface area contributed by atoms with Crippen LogP contribution in [0.5, 0.6) is 5.75 Å². The summed E-state index contributed by atoms with van der Waals surface area (Å²) in [5, 5.41) is 3.74. The van der Waals surface area contributed by atoms with Gasteiger partial charge in [-0.05, 0) is 42.5 Å². The van der Waals surface area contributed by atoms with Gasteiger partial charge in [0.05, 0.1) is 11.1 Å². The maximum Gasteiger partial charge on any atom is 0.573 e. The predicted octanol–water partition coefficient (Wildman–Crippen LogP) is 4.96. The van der Waals surface area contributed by atoms with Gasteiger partial charge >= 0.3 is 6.36 Å². The summed E-state index contributed by atoms with van der Waals surface area (Å²) in [4.78, 5) is 27.0. The van der Waals surface area contributed by atoms with Gasteiger partial charge in [0.2, 0.25) is 5.91 Å². The Hall–Kier alpha value is -3.20. The Morgan fingerprint density at radius 1 is 1.15 bits per heavy atom. The number of fused-ring (bicyclic) bond motifs is 1. The fraction of sp³-hybridized carbons (Fsp3) is 0.333. The van der Waals surface area contributed by atoms with E-state index in [1.54, 1.807) is 46.0 Å². The van der Waals surface area contributed by atoms with Gasteiger partial charge in [-0.3, -0.25) is 9.59 Å². The maximum atomic E-state index is 13.4. The van der Waals surface area contributed by atoms with E-state index in [0.29, 0.717) is 53.0 Å². The summed E-state index contributed by atoms with van der Waals surface area (Å²) < 4.78 is 44.3. The third-order valence-corrected chi connectivity index (χ3v) is 6.27. The monoisotopic (exact) mass is 493 g/mol. The molecule has 2 heterocycles. The molecule has 34 heavy (non-hydrogen) atoms. The number of halogens is 4. The number of carbonyl (C=O) groups is 2. The summed E-state index contributed by atoms with van der Waals surface area (Å²) >= 11 is 6.14. The number of para-hydroxylation sites is 1. The van der Waals surface area contributed by atoms with E-state index in [2.05, 4.69) is 10.1 Å². The third kappa shape index (κ3) is 5.14. The molecule has 0 radical (unpaired) electrons. The van der Waals surface area contributed by atoms with Gasteiger partial charge in [-0.25, -0.2) is 0 Å². The lowest BCUT2D eigenvalue weighted by atomic mass is 9.88. The highest BCUT2D eigenvalue weighted by molar-refractivity contribution is 6.31. The van der Waals surface area contributed by atoms with Crippen molar-refractivity contribution in [2.75, 3.05) is 20.1 Å². The van der Waals surface area contributed by atoms with Crippen LogP contribution in [0.4, 0.5) is 13.2 Å². The summed E-state index contributed by atoms with van der Waals surface area (Å²) in [6.07, 6.45) is -2.10. The molecule has 3 aromatic rings. The van der Waals surface area contributed by atoms with Gasteiger partial charge in [-0.15, -0.1) is 13.2 Å². The first-order valence-corrected chi connectivity index (χ1v) is 11.2. The summed E-state index contributed by atoms with van der Waals surface area (Å²) in [5.74, 6) is -0.761. The van der Waals surface area contributed by atoms with Crippen molar-refractivity contribution in [3.8, 4) is 5.75 Å². The molecule has 0 aliphatic carbocycles. The van der Waals surface area contributed by atoms with Crippen LogP contribution in [0.15, 0.2) is 48.7 Å². The van der Waals surface area contributed by atoms with Crippen LogP contribution in [0.2, 0.25) is 5.02 Å². The molecule has 180 valence electrons. The molecule has 6 nitrogen and oxygen atoms in total. The van der Waals surface area contributed by atoms with E-state index < -0.39 is 6.36 Å². The first kappa shape index (κ1) is 23.9. The minimum Gasteiger partial charge on any atom is -0.405 e. The molecule has 1 saturated heterocycles. The molecule has 1 fully saturated rings. The number of benzene rings is 2. The Morgan fingerprint density at radius 3 is 2.53 bits per heavy atom. The molecule has 1 aliphatic heterocycles. The zero-order valence-electron chi connectivity index (χ0n) is 18.4. The number of carbonyl (C=O) groups excluding carboxylic acids is 2. The molecule has 10 heteroatoms. The molecule has 1 aliphatic rings. The zero-order chi connectivity index (χ0) is 24.5. The number of nitrogens with one attached hydrogen (secondary N) is 1. The van der Waals surface area contributed by atoms with Crippen molar-refractivity contribution >= 4 is 34.3 Å². The molecule has 1 aromatic heterocycles. The van der Waals surface area contributed by atoms with Crippen LogP contribution in [0.25, 0.3) is 10.9 Å². The second-order valence-corrected chi connectivity index (χ2v) is 8.59. The molecule has 4 rings (SSSR count). The van der Waals surface area contributed by atoms with Crippen LogP contribution in [-0.2, 0) is 11.3 Å². The number of aromatic nitrogens is 1. The van der Waals surface area contributed by atoms with Crippen LogP contribution in [0.1, 0.15) is 34.7 Å². The second kappa shape index (κ2) is 9.58. The van der Waals surface area contributed by atoms with Gasteiger partial charge in [-0.1, -0.05) is 35.9 Å². The fourth-order valence-corrected chi connectivity index (χ4v) is 4.57. The number of likely N-dealkylation sites (tertiary alicyclic amines) is 1. The van der Waals surface area contributed by atoms with E-state index >= 15 is 0 Å². The van der Waals surface area contributed by atoms with E-state index in [1.165, 1.54) is 19.2 Å². The van der Waals surface area contributed by atoms with Crippen LogP contribution >= 0.6 is 11.6 Å². The molecular formula is C24H23ClF3N3O3. The van der Waals surface area contributed by atoms with Crippen molar-refractivity contribution in [1.82, 2.24) is 14.8 Å². The lowest BCUT2D eigenvalue weighted by Gasteiger charge is -2.33. The number of likely N-dealkylation sites (N-methyl/N-ethyl adjacent to an activating group) is 1. The zero-order valence-corrected chi connectivity index (χ0v) is 19.1. The number of ether oxygens (including phenoxy) is 1. The normalized spacial score (nSPS) is 14.9. The Kier molecular flexibility index (Phi) is 6.74. The third-order valence-electron chi connectivity index (χ3n) is 6.03. The van der Waals surface area contributed by atoms with Gasteiger partial charge in [-0.2, -0.15) is 0 Å². The van der Waals surface area contributed by atoms with Gasteiger partial charge in [0.15, 0.2) is 0 Å². The summed E-state index contributed by atoms with van der Waals surface area (Å²) in [6, 6.07) is 11.3. The topological polar surface area (TPSA) is 63.6 Å². The minimum absolute atomic E-state index is 0.0404. The summed E-state index contributed by atoms with van der Waals surface area (Å²) in [6.45, 7) is 0.817. The Bertz CT molecular complexity index is 1220.